The molecule has 0 aliphatic heterocycles. The summed E-state index contributed by atoms with van der Waals surface area (Å²) in [5, 5.41) is 6.28. The van der Waals surface area contributed by atoms with Crippen molar-refractivity contribution >= 4 is 34.6 Å². The third-order valence-corrected chi connectivity index (χ3v) is 3.62. The van der Waals surface area contributed by atoms with Crippen molar-refractivity contribution in [3.8, 4) is 0 Å². The number of imidazole rings is 1. The van der Waals surface area contributed by atoms with Crippen LogP contribution in [0, 0.1) is 0 Å². The van der Waals surface area contributed by atoms with E-state index in [0.29, 0.717) is 18.4 Å². The van der Waals surface area contributed by atoms with Gasteiger partial charge in [0.05, 0.1) is 17.4 Å². The van der Waals surface area contributed by atoms with Crippen molar-refractivity contribution in [2.45, 2.75) is 6.54 Å². The number of benzene rings is 2. The lowest BCUT2D eigenvalue weighted by Gasteiger charge is -2.09. The maximum atomic E-state index is 5.79. The number of anilines is 4. The minimum atomic E-state index is 0.153. The first-order chi connectivity index (χ1) is 12.3. The summed E-state index contributed by atoms with van der Waals surface area (Å²) in [5.41, 5.74) is 9.66. The average Bonchev–Trinajstić information content (AvgIpc) is 3.08. The number of aromatic amines is 1. The van der Waals surface area contributed by atoms with Crippen LogP contribution in [-0.2, 0) is 6.54 Å². The number of hydrogen-bond donors (Lipinski definition) is 4. The Hall–Kier alpha value is -3.68. The topological polar surface area (TPSA) is 117 Å². The third-order valence-electron chi connectivity index (χ3n) is 3.62. The highest BCUT2D eigenvalue weighted by atomic mass is 15.2. The van der Waals surface area contributed by atoms with Crippen molar-refractivity contribution in [3.63, 3.8) is 0 Å². The van der Waals surface area contributed by atoms with Crippen LogP contribution in [0.5, 0.6) is 0 Å². The maximum absolute atomic E-state index is 5.79. The van der Waals surface area contributed by atoms with E-state index in [2.05, 4.69) is 35.6 Å². The minimum Gasteiger partial charge on any atom is -0.368 e. The Morgan fingerprint density at radius 1 is 0.960 bits per heavy atom. The molecule has 2 aromatic heterocycles. The molecule has 8 heteroatoms. The van der Waals surface area contributed by atoms with Gasteiger partial charge < -0.3 is 21.4 Å². The summed E-state index contributed by atoms with van der Waals surface area (Å²) >= 11 is 0. The van der Waals surface area contributed by atoms with Gasteiger partial charge in [0.1, 0.15) is 0 Å². The molecule has 0 aliphatic carbocycles. The van der Waals surface area contributed by atoms with Crippen molar-refractivity contribution in [3.05, 3.63) is 60.4 Å². The highest BCUT2D eigenvalue weighted by Gasteiger charge is 2.05. The third kappa shape index (κ3) is 3.47. The van der Waals surface area contributed by atoms with Gasteiger partial charge in [-0.25, -0.2) is 4.98 Å². The molecule has 2 heterocycles. The Morgan fingerprint density at radius 2 is 1.80 bits per heavy atom. The van der Waals surface area contributed by atoms with E-state index in [9.17, 15) is 0 Å². The Bertz CT molecular complexity index is 996. The summed E-state index contributed by atoms with van der Waals surface area (Å²) in [6.07, 6.45) is 1.68. The molecule has 0 saturated carbocycles. The van der Waals surface area contributed by atoms with Crippen LogP contribution < -0.4 is 16.4 Å². The van der Waals surface area contributed by atoms with E-state index in [1.165, 1.54) is 0 Å². The second kappa shape index (κ2) is 6.44. The Labute approximate surface area is 143 Å². The fourth-order valence-electron chi connectivity index (χ4n) is 2.45. The van der Waals surface area contributed by atoms with E-state index in [1.807, 2.05) is 48.5 Å². The molecular formula is C17H16N8. The zero-order chi connectivity index (χ0) is 17.1. The second-order valence-corrected chi connectivity index (χ2v) is 5.44. The van der Waals surface area contributed by atoms with Gasteiger partial charge in [-0.3, -0.25) is 0 Å². The van der Waals surface area contributed by atoms with Crippen LogP contribution in [-0.4, -0.2) is 24.9 Å². The lowest BCUT2D eigenvalue weighted by atomic mass is 10.2. The number of H-pyrrole nitrogens is 1. The SMILES string of the molecule is Nc1nc(NCc2ccc3nc[nH]c3c2)nc(Nc2ccccc2)n1. The van der Waals surface area contributed by atoms with Gasteiger partial charge >= 0.3 is 0 Å². The number of fused-ring (bicyclic) bond motifs is 1. The van der Waals surface area contributed by atoms with Crippen LogP contribution in [0.25, 0.3) is 11.0 Å². The number of aromatic nitrogens is 5. The van der Waals surface area contributed by atoms with Crippen LogP contribution in [0.15, 0.2) is 54.9 Å². The van der Waals surface area contributed by atoms with Gasteiger partial charge in [0.25, 0.3) is 0 Å². The molecule has 25 heavy (non-hydrogen) atoms. The van der Waals surface area contributed by atoms with E-state index in [1.54, 1.807) is 6.33 Å². The number of rotatable bonds is 5. The Balaban J connectivity index is 1.50. The van der Waals surface area contributed by atoms with E-state index in [0.717, 1.165) is 22.3 Å². The lowest BCUT2D eigenvalue weighted by Crippen LogP contribution is -2.09. The number of nitrogens with two attached hydrogens (primary N) is 1. The fraction of sp³-hybridized carbons (Fsp3) is 0.0588. The number of nitrogens with zero attached hydrogens (tertiary/aromatic N) is 4. The van der Waals surface area contributed by atoms with E-state index in [4.69, 9.17) is 5.73 Å². The molecule has 0 unspecified atom stereocenters. The predicted octanol–water partition coefficient (Wildman–Crippen LogP) is 2.69. The van der Waals surface area contributed by atoms with Crippen LogP contribution in [0.4, 0.5) is 23.5 Å². The lowest BCUT2D eigenvalue weighted by molar-refractivity contribution is 1.02. The predicted molar refractivity (Wildman–Crippen MR) is 97.4 cm³/mol. The summed E-state index contributed by atoms with van der Waals surface area (Å²) in [4.78, 5) is 19.9. The van der Waals surface area contributed by atoms with E-state index < -0.39 is 0 Å². The van der Waals surface area contributed by atoms with Gasteiger partial charge in [-0.15, -0.1) is 0 Å². The van der Waals surface area contributed by atoms with Crippen molar-refractivity contribution in [2.24, 2.45) is 0 Å². The molecule has 2 aromatic carbocycles. The van der Waals surface area contributed by atoms with E-state index in [-0.39, 0.29) is 5.95 Å². The monoisotopic (exact) mass is 332 g/mol. The van der Waals surface area contributed by atoms with Gasteiger partial charge in [-0.1, -0.05) is 24.3 Å². The smallest absolute Gasteiger partial charge is 0.233 e. The molecule has 0 amide bonds. The van der Waals surface area contributed by atoms with Gasteiger partial charge in [-0.05, 0) is 29.8 Å². The summed E-state index contributed by atoms with van der Waals surface area (Å²) in [5.74, 6) is 0.959. The molecule has 0 fully saturated rings. The fourth-order valence-corrected chi connectivity index (χ4v) is 2.45. The molecule has 4 aromatic rings. The zero-order valence-corrected chi connectivity index (χ0v) is 13.3. The molecular weight excluding hydrogens is 316 g/mol. The zero-order valence-electron chi connectivity index (χ0n) is 13.3. The molecule has 0 saturated heterocycles. The number of para-hydroxylation sites is 1. The van der Waals surface area contributed by atoms with Crippen LogP contribution in [0.2, 0.25) is 0 Å². The standard InChI is InChI=1S/C17H16N8/c18-15-23-16(25-17(24-15)22-12-4-2-1-3-5-12)19-9-11-6-7-13-14(8-11)21-10-20-13/h1-8,10H,9H2,(H,20,21)(H4,18,19,22,23,24,25). The molecule has 124 valence electrons. The van der Waals surface area contributed by atoms with Crippen molar-refractivity contribution < 1.29 is 0 Å². The van der Waals surface area contributed by atoms with Crippen LogP contribution >= 0.6 is 0 Å². The van der Waals surface area contributed by atoms with Crippen LogP contribution in [0.3, 0.4) is 0 Å². The Morgan fingerprint density at radius 3 is 2.68 bits per heavy atom. The maximum Gasteiger partial charge on any atom is 0.233 e. The highest BCUT2D eigenvalue weighted by Crippen LogP contribution is 2.16. The van der Waals surface area contributed by atoms with Gasteiger partial charge in [0.2, 0.25) is 17.8 Å². The molecule has 0 radical (unpaired) electrons. The van der Waals surface area contributed by atoms with Crippen LogP contribution in [0.1, 0.15) is 5.56 Å². The average molecular weight is 332 g/mol. The summed E-state index contributed by atoms with van der Waals surface area (Å²) in [6, 6.07) is 15.6. The quantitative estimate of drug-likeness (QED) is 0.444. The summed E-state index contributed by atoms with van der Waals surface area (Å²) < 4.78 is 0. The van der Waals surface area contributed by atoms with Gasteiger partial charge in [-0.2, -0.15) is 15.0 Å². The molecule has 0 bridgehead atoms. The van der Waals surface area contributed by atoms with E-state index >= 15 is 0 Å². The molecule has 5 N–H and O–H groups in total. The number of nitrogens with one attached hydrogen (secondary N) is 3. The van der Waals surface area contributed by atoms with Crippen molar-refractivity contribution in [1.29, 1.82) is 0 Å². The first-order valence-corrected chi connectivity index (χ1v) is 7.76. The van der Waals surface area contributed by atoms with Gasteiger partial charge in [0, 0.05) is 12.2 Å². The first-order valence-electron chi connectivity index (χ1n) is 7.76. The first kappa shape index (κ1) is 14.9. The molecule has 0 atom stereocenters. The molecule has 4 rings (SSSR count). The van der Waals surface area contributed by atoms with Crippen molar-refractivity contribution in [2.75, 3.05) is 16.4 Å². The largest absolute Gasteiger partial charge is 0.368 e. The number of nitrogen functional groups attached to an aromatic ring is 1. The highest BCUT2D eigenvalue weighted by molar-refractivity contribution is 5.75. The Kier molecular flexibility index (Phi) is 3.83. The molecule has 0 aliphatic rings. The summed E-state index contributed by atoms with van der Waals surface area (Å²) in [6.45, 7) is 0.559. The summed E-state index contributed by atoms with van der Waals surface area (Å²) in [7, 11) is 0. The van der Waals surface area contributed by atoms with Gasteiger partial charge in [0.15, 0.2) is 0 Å². The molecule has 0 spiro atoms. The second-order valence-electron chi connectivity index (χ2n) is 5.44. The number of hydrogen-bond acceptors (Lipinski definition) is 7. The molecule has 8 nitrogen and oxygen atoms in total. The minimum absolute atomic E-state index is 0.153. The van der Waals surface area contributed by atoms with Crippen molar-refractivity contribution in [1.82, 2.24) is 24.9 Å². The normalized spacial score (nSPS) is 10.7.